The molecule has 0 N–H and O–H groups in total. The van der Waals surface area contributed by atoms with E-state index in [1.165, 1.54) is 54.6 Å². The standard InChI is InChI=1S/C22H29N/c1-17-4-10-21(11-5-17)22-12-8-19(9-13-22)6-7-20-14-18(2)15-23(3)16-20/h4-5,8-13,18,20H,6-7,14-16H2,1-3H3. The molecule has 2 aromatic rings. The molecular formula is C22H29N. The molecule has 1 saturated heterocycles. The van der Waals surface area contributed by atoms with Crippen LogP contribution in [-0.4, -0.2) is 25.0 Å². The van der Waals surface area contributed by atoms with Crippen LogP contribution < -0.4 is 0 Å². The van der Waals surface area contributed by atoms with Crippen molar-refractivity contribution in [1.29, 1.82) is 0 Å². The van der Waals surface area contributed by atoms with Crippen LogP contribution in [0.4, 0.5) is 0 Å². The van der Waals surface area contributed by atoms with Gasteiger partial charge in [0.15, 0.2) is 0 Å². The van der Waals surface area contributed by atoms with Gasteiger partial charge in [-0.05, 0) is 61.8 Å². The lowest BCUT2D eigenvalue weighted by atomic mass is 9.86. The maximum atomic E-state index is 2.50. The van der Waals surface area contributed by atoms with Gasteiger partial charge in [0.05, 0.1) is 0 Å². The summed E-state index contributed by atoms with van der Waals surface area (Å²) in [5.74, 6) is 1.71. The molecule has 2 aromatic carbocycles. The molecular weight excluding hydrogens is 278 g/mol. The van der Waals surface area contributed by atoms with Crippen molar-refractivity contribution in [2.24, 2.45) is 11.8 Å². The fourth-order valence-electron chi connectivity index (χ4n) is 3.96. The first-order valence-electron chi connectivity index (χ1n) is 8.94. The summed E-state index contributed by atoms with van der Waals surface area (Å²) < 4.78 is 0. The van der Waals surface area contributed by atoms with E-state index in [4.69, 9.17) is 0 Å². The molecule has 0 amide bonds. The minimum atomic E-state index is 0.850. The first-order chi connectivity index (χ1) is 11.1. The average Bonchev–Trinajstić information content (AvgIpc) is 2.53. The van der Waals surface area contributed by atoms with Crippen LogP contribution in [0.25, 0.3) is 11.1 Å². The first-order valence-corrected chi connectivity index (χ1v) is 8.94. The minimum Gasteiger partial charge on any atom is -0.306 e. The number of nitrogens with zero attached hydrogens (tertiary/aromatic N) is 1. The van der Waals surface area contributed by atoms with E-state index in [-0.39, 0.29) is 0 Å². The van der Waals surface area contributed by atoms with E-state index in [2.05, 4.69) is 74.3 Å². The molecule has 2 atom stereocenters. The van der Waals surface area contributed by atoms with Crippen LogP contribution in [0.1, 0.15) is 30.9 Å². The number of aryl methyl sites for hydroxylation is 2. The maximum absolute atomic E-state index is 2.50. The number of hydrogen-bond donors (Lipinski definition) is 0. The van der Waals surface area contributed by atoms with Crippen LogP contribution in [0.2, 0.25) is 0 Å². The van der Waals surface area contributed by atoms with Crippen molar-refractivity contribution in [3.05, 3.63) is 59.7 Å². The van der Waals surface area contributed by atoms with Gasteiger partial charge in [-0.25, -0.2) is 0 Å². The molecule has 1 heterocycles. The van der Waals surface area contributed by atoms with E-state index in [1.54, 1.807) is 0 Å². The highest BCUT2D eigenvalue weighted by atomic mass is 15.1. The number of hydrogen-bond acceptors (Lipinski definition) is 1. The van der Waals surface area contributed by atoms with Crippen LogP contribution in [-0.2, 0) is 6.42 Å². The Bertz CT molecular complexity index is 601. The molecule has 2 unspecified atom stereocenters. The smallest absolute Gasteiger partial charge is 0.000694 e. The molecule has 122 valence electrons. The van der Waals surface area contributed by atoms with Crippen molar-refractivity contribution in [1.82, 2.24) is 4.90 Å². The quantitative estimate of drug-likeness (QED) is 0.752. The molecule has 1 aliphatic rings. The van der Waals surface area contributed by atoms with Crippen LogP contribution in [0.15, 0.2) is 48.5 Å². The zero-order valence-electron chi connectivity index (χ0n) is 14.8. The molecule has 0 saturated carbocycles. The summed E-state index contributed by atoms with van der Waals surface area (Å²) in [6.45, 7) is 7.06. The Morgan fingerprint density at radius 3 is 2.13 bits per heavy atom. The van der Waals surface area contributed by atoms with Gasteiger partial charge < -0.3 is 4.90 Å². The SMILES string of the molecule is Cc1ccc(-c2ccc(CCC3CC(C)CN(C)C3)cc2)cc1. The molecule has 1 heteroatoms. The van der Waals surface area contributed by atoms with E-state index in [1.807, 2.05) is 0 Å². The van der Waals surface area contributed by atoms with Crippen molar-refractivity contribution < 1.29 is 0 Å². The molecule has 0 aromatic heterocycles. The van der Waals surface area contributed by atoms with E-state index >= 15 is 0 Å². The third-order valence-electron chi connectivity index (χ3n) is 5.11. The van der Waals surface area contributed by atoms with Crippen LogP contribution in [0, 0.1) is 18.8 Å². The van der Waals surface area contributed by atoms with Gasteiger partial charge in [0, 0.05) is 13.1 Å². The van der Waals surface area contributed by atoms with Crippen LogP contribution in [0.3, 0.4) is 0 Å². The fraction of sp³-hybridized carbons (Fsp3) is 0.455. The second kappa shape index (κ2) is 7.31. The summed E-state index contributed by atoms with van der Waals surface area (Å²) in [4.78, 5) is 2.50. The predicted octanol–water partition coefficient (Wildman–Crippen LogP) is 5.18. The first kappa shape index (κ1) is 16.3. The van der Waals surface area contributed by atoms with E-state index in [9.17, 15) is 0 Å². The lowest BCUT2D eigenvalue weighted by Crippen LogP contribution is -2.36. The van der Waals surface area contributed by atoms with Gasteiger partial charge in [-0.2, -0.15) is 0 Å². The van der Waals surface area contributed by atoms with Gasteiger partial charge in [-0.15, -0.1) is 0 Å². The lowest BCUT2D eigenvalue weighted by Gasteiger charge is -2.34. The molecule has 0 radical (unpaired) electrons. The summed E-state index contributed by atoms with van der Waals surface area (Å²) in [6.07, 6.45) is 3.92. The summed E-state index contributed by atoms with van der Waals surface area (Å²) >= 11 is 0. The largest absolute Gasteiger partial charge is 0.306 e. The lowest BCUT2D eigenvalue weighted by molar-refractivity contribution is 0.155. The normalized spacial score (nSPS) is 22.2. The zero-order valence-corrected chi connectivity index (χ0v) is 14.8. The summed E-state index contributed by atoms with van der Waals surface area (Å²) in [5, 5.41) is 0. The van der Waals surface area contributed by atoms with Crippen molar-refractivity contribution in [2.45, 2.75) is 33.1 Å². The van der Waals surface area contributed by atoms with Gasteiger partial charge >= 0.3 is 0 Å². The second-order valence-corrected chi connectivity index (χ2v) is 7.53. The number of benzene rings is 2. The highest BCUT2D eigenvalue weighted by Crippen LogP contribution is 2.25. The van der Waals surface area contributed by atoms with Gasteiger partial charge in [-0.1, -0.05) is 61.0 Å². The van der Waals surface area contributed by atoms with Gasteiger partial charge in [0.1, 0.15) is 0 Å². The minimum absolute atomic E-state index is 0.850. The Balaban J connectivity index is 1.58. The van der Waals surface area contributed by atoms with Crippen molar-refractivity contribution >= 4 is 0 Å². The van der Waals surface area contributed by atoms with Crippen LogP contribution >= 0.6 is 0 Å². The van der Waals surface area contributed by atoms with Crippen LogP contribution in [0.5, 0.6) is 0 Å². The molecule has 1 aliphatic heterocycles. The van der Waals surface area contributed by atoms with E-state index in [0.717, 1.165) is 11.8 Å². The monoisotopic (exact) mass is 307 g/mol. The van der Waals surface area contributed by atoms with Crippen molar-refractivity contribution in [3.8, 4) is 11.1 Å². The van der Waals surface area contributed by atoms with Crippen molar-refractivity contribution in [3.63, 3.8) is 0 Å². The third-order valence-corrected chi connectivity index (χ3v) is 5.11. The number of piperidine rings is 1. The van der Waals surface area contributed by atoms with Crippen molar-refractivity contribution in [2.75, 3.05) is 20.1 Å². The molecule has 3 rings (SSSR count). The summed E-state index contributed by atoms with van der Waals surface area (Å²) in [7, 11) is 2.26. The van der Waals surface area contributed by atoms with Gasteiger partial charge in [0.2, 0.25) is 0 Å². The number of rotatable bonds is 4. The molecule has 0 spiro atoms. The highest BCUT2D eigenvalue weighted by Gasteiger charge is 2.21. The highest BCUT2D eigenvalue weighted by molar-refractivity contribution is 5.63. The topological polar surface area (TPSA) is 3.24 Å². The van der Waals surface area contributed by atoms with E-state index < -0.39 is 0 Å². The molecule has 0 aliphatic carbocycles. The van der Waals surface area contributed by atoms with Gasteiger partial charge in [0.25, 0.3) is 0 Å². The Morgan fingerprint density at radius 2 is 1.52 bits per heavy atom. The summed E-state index contributed by atoms with van der Waals surface area (Å²) in [5.41, 5.74) is 5.42. The average molecular weight is 307 g/mol. The number of likely N-dealkylation sites (tertiary alicyclic amines) is 1. The Labute approximate surface area is 141 Å². The maximum Gasteiger partial charge on any atom is 0.000694 e. The molecule has 0 bridgehead atoms. The predicted molar refractivity (Wildman–Crippen MR) is 99.7 cm³/mol. The molecule has 1 fully saturated rings. The third kappa shape index (κ3) is 4.45. The Morgan fingerprint density at radius 1 is 0.913 bits per heavy atom. The second-order valence-electron chi connectivity index (χ2n) is 7.53. The Kier molecular flexibility index (Phi) is 5.17. The summed E-state index contributed by atoms with van der Waals surface area (Å²) in [6, 6.07) is 18.0. The Hall–Kier alpha value is -1.60. The fourth-order valence-corrected chi connectivity index (χ4v) is 3.96. The van der Waals surface area contributed by atoms with Gasteiger partial charge in [-0.3, -0.25) is 0 Å². The van der Waals surface area contributed by atoms with E-state index in [0.29, 0.717) is 0 Å². The zero-order chi connectivity index (χ0) is 16.2. The molecule has 23 heavy (non-hydrogen) atoms. The molecule has 1 nitrogen and oxygen atoms in total.